The molecule has 4 fully saturated rings. The van der Waals surface area contributed by atoms with Gasteiger partial charge in [-0.05, 0) is 54.4 Å². The number of imide groups is 1. The Kier molecular flexibility index (Phi) is 3.90. The highest BCUT2D eigenvalue weighted by Gasteiger charge is 2.67. The van der Waals surface area contributed by atoms with Crippen LogP contribution < -0.4 is 4.90 Å². The first kappa shape index (κ1) is 19.6. The Balaban J connectivity index is 1.09. The van der Waals surface area contributed by atoms with E-state index in [4.69, 9.17) is 16.3 Å². The fourth-order valence-electron chi connectivity index (χ4n) is 6.26. The molecule has 0 N–H and O–H groups in total. The average molecular weight is 465 g/mol. The number of epoxide rings is 1. The number of halogens is 2. The summed E-state index contributed by atoms with van der Waals surface area (Å²) in [5.41, 5.74) is 0.945. The van der Waals surface area contributed by atoms with Gasteiger partial charge in [0.1, 0.15) is 17.7 Å². The first-order valence-electron chi connectivity index (χ1n) is 11.1. The van der Waals surface area contributed by atoms with E-state index in [0.29, 0.717) is 23.2 Å². The molecular formula is C25H18ClFN2O4. The Morgan fingerprint density at radius 3 is 2.36 bits per heavy atom. The molecule has 0 spiro atoms. The molecule has 8 atom stereocenters. The van der Waals surface area contributed by atoms with E-state index in [1.54, 1.807) is 12.1 Å². The van der Waals surface area contributed by atoms with Gasteiger partial charge < -0.3 is 4.74 Å². The third-order valence-corrected chi connectivity index (χ3v) is 8.23. The SMILES string of the molecule is O=C(c1ccc(F)c(Cl)c1)C1OC1c1ccc(N2C(=O)C3C4C=CC(C5CC45)C3C2=O)nc1. The lowest BCUT2D eigenvalue weighted by Gasteiger charge is -2.37. The van der Waals surface area contributed by atoms with Gasteiger partial charge in [0.25, 0.3) is 0 Å². The molecule has 1 aromatic heterocycles. The zero-order valence-corrected chi connectivity index (χ0v) is 18.0. The predicted molar refractivity (Wildman–Crippen MR) is 115 cm³/mol. The molecule has 2 aliphatic heterocycles. The highest BCUT2D eigenvalue weighted by Crippen LogP contribution is 2.65. The van der Waals surface area contributed by atoms with Crippen LogP contribution in [0.25, 0.3) is 0 Å². The molecule has 166 valence electrons. The molecule has 1 aromatic carbocycles. The molecule has 2 bridgehead atoms. The topological polar surface area (TPSA) is 79.9 Å². The molecule has 2 amide bonds. The number of ketones is 1. The molecule has 2 saturated carbocycles. The van der Waals surface area contributed by atoms with Crippen molar-refractivity contribution in [3.05, 3.63) is 70.6 Å². The van der Waals surface area contributed by atoms with Crippen molar-refractivity contribution in [2.24, 2.45) is 35.5 Å². The van der Waals surface area contributed by atoms with Crippen molar-refractivity contribution in [1.82, 2.24) is 4.98 Å². The Morgan fingerprint density at radius 2 is 1.76 bits per heavy atom. The number of aromatic nitrogens is 1. The van der Waals surface area contributed by atoms with Crippen LogP contribution in [-0.2, 0) is 14.3 Å². The third-order valence-electron chi connectivity index (χ3n) is 7.95. The van der Waals surface area contributed by atoms with Gasteiger partial charge in [0, 0.05) is 17.3 Å². The minimum Gasteiger partial charge on any atom is -0.356 e. The van der Waals surface area contributed by atoms with Gasteiger partial charge in [0.05, 0.1) is 16.9 Å². The standard InChI is InChI=1S/C25H18ClFN2O4/c26-16-7-10(1-5-17(16)27)21(30)23-22(33-23)11-2-6-18(28-9-11)29-24(31)19-12-3-4-13(15-8-14(12)15)20(19)25(29)32/h1-7,9,12-15,19-20,22-23H,8H2. The molecule has 4 aliphatic carbocycles. The van der Waals surface area contributed by atoms with Crippen molar-refractivity contribution in [3.8, 4) is 0 Å². The van der Waals surface area contributed by atoms with Crippen LogP contribution in [0.15, 0.2) is 48.7 Å². The van der Waals surface area contributed by atoms with Gasteiger partial charge >= 0.3 is 0 Å². The van der Waals surface area contributed by atoms with E-state index in [2.05, 4.69) is 17.1 Å². The first-order chi connectivity index (χ1) is 15.9. The van der Waals surface area contributed by atoms with Gasteiger partial charge in [0.2, 0.25) is 11.8 Å². The zero-order valence-electron chi connectivity index (χ0n) is 17.2. The molecule has 6 nitrogen and oxygen atoms in total. The van der Waals surface area contributed by atoms with Crippen LogP contribution in [0.5, 0.6) is 0 Å². The van der Waals surface area contributed by atoms with Crippen LogP contribution in [-0.4, -0.2) is 28.7 Å². The lowest BCUT2D eigenvalue weighted by Crippen LogP contribution is -2.40. The number of carbonyl (C=O) groups excluding carboxylic acids is 3. The molecule has 2 saturated heterocycles. The number of Topliss-reactive ketones (excluding diaryl/α,β-unsaturated/α-hetero) is 1. The molecule has 6 aliphatic rings. The lowest BCUT2D eigenvalue weighted by atomic mass is 9.63. The van der Waals surface area contributed by atoms with E-state index < -0.39 is 18.0 Å². The molecule has 33 heavy (non-hydrogen) atoms. The molecule has 2 aromatic rings. The van der Waals surface area contributed by atoms with E-state index >= 15 is 0 Å². The largest absolute Gasteiger partial charge is 0.356 e. The van der Waals surface area contributed by atoms with Gasteiger partial charge in [0.15, 0.2) is 11.9 Å². The smallest absolute Gasteiger partial charge is 0.239 e. The Bertz CT molecular complexity index is 1240. The summed E-state index contributed by atoms with van der Waals surface area (Å²) in [6, 6.07) is 7.17. The monoisotopic (exact) mass is 464 g/mol. The molecule has 3 heterocycles. The maximum atomic E-state index is 13.4. The molecule has 8 unspecified atom stereocenters. The number of ether oxygens (including phenoxy) is 1. The molecule has 8 rings (SSSR count). The number of anilines is 1. The number of hydrogen-bond acceptors (Lipinski definition) is 5. The zero-order chi connectivity index (χ0) is 22.6. The van der Waals surface area contributed by atoms with Crippen LogP contribution in [0.4, 0.5) is 10.2 Å². The molecular weight excluding hydrogens is 447 g/mol. The maximum absolute atomic E-state index is 13.4. The van der Waals surface area contributed by atoms with E-state index in [9.17, 15) is 18.8 Å². The number of amides is 2. The number of benzene rings is 1. The highest BCUT2D eigenvalue weighted by molar-refractivity contribution is 6.31. The summed E-state index contributed by atoms with van der Waals surface area (Å²) in [4.78, 5) is 44.7. The summed E-state index contributed by atoms with van der Waals surface area (Å²) in [5.74, 6) is 0.00597. The summed E-state index contributed by atoms with van der Waals surface area (Å²) in [6.45, 7) is 0. The maximum Gasteiger partial charge on any atom is 0.239 e. The Morgan fingerprint density at radius 1 is 1.06 bits per heavy atom. The summed E-state index contributed by atoms with van der Waals surface area (Å²) in [7, 11) is 0. The van der Waals surface area contributed by atoms with Crippen molar-refractivity contribution < 1.29 is 23.5 Å². The second kappa shape index (κ2) is 6.58. The van der Waals surface area contributed by atoms with E-state index in [1.165, 1.54) is 23.2 Å². The summed E-state index contributed by atoms with van der Waals surface area (Å²) < 4.78 is 18.9. The van der Waals surface area contributed by atoms with Crippen LogP contribution in [0.3, 0.4) is 0 Å². The van der Waals surface area contributed by atoms with Gasteiger partial charge in [-0.1, -0.05) is 29.8 Å². The minimum absolute atomic E-state index is 0.120. The summed E-state index contributed by atoms with van der Waals surface area (Å²) in [6.07, 6.45) is 5.75. The Labute approximate surface area is 193 Å². The van der Waals surface area contributed by atoms with Gasteiger partial charge in [-0.2, -0.15) is 0 Å². The molecule has 8 heteroatoms. The second-order valence-electron chi connectivity index (χ2n) is 9.59. The first-order valence-corrected chi connectivity index (χ1v) is 11.5. The van der Waals surface area contributed by atoms with E-state index in [-0.39, 0.29) is 51.9 Å². The Hall–Kier alpha value is -2.90. The average Bonchev–Trinajstić information content (AvgIpc) is 3.74. The summed E-state index contributed by atoms with van der Waals surface area (Å²) in [5, 5.41) is -0.120. The van der Waals surface area contributed by atoms with Crippen LogP contribution in [0.2, 0.25) is 5.02 Å². The van der Waals surface area contributed by atoms with Crippen LogP contribution in [0.1, 0.15) is 28.4 Å². The number of nitrogens with zero attached hydrogens (tertiary/aromatic N) is 2. The van der Waals surface area contributed by atoms with Crippen molar-refractivity contribution in [2.45, 2.75) is 18.6 Å². The third kappa shape index (κ3) is 2.69. The number of pyridine rings is 1. The van der Waals surface area contributed by atoms with Gasteiger partial charge in [-0.15, -0.1) is 0 Å². The number of rotatable bonds is 4. The van der Waals surface area contributed by atoms with Crippen molar-refractivity contribution in [1.29, 1.82) is 0 Å². The number of allylic oxidation sites excluding steroid dienone is 2. The van der Waals surface area contributed by atoms with Crippen LogP contribution in [0, 0.1) is 41.3 Å². The molecule has 0 radical (unpaired) electrons. The highest BCUT2D eigenvalue weighted by atomic mass is 35.5. The fraction of sp³-hybridized carbons (Fsp3) is 0.360. The van der Waals surface area contributed by atoms with E-state index in [0.717, 1.165) is 12.5 Å². The van der Waals surface area contributed by atoms with Crippen molar-refractivity contribution >= 4 is 35.0 Å². The lowest BCUT2D eigenvalue weighted by molar-refractivity contribution is -0.124. The fourth-order valence-corrected chi connectivity index (χ4v) is 6.44. The van der Waals surface area contributed by atoms with Crippen LogP contribution >= 0.6 is 11.6 Å². The van der Waals surface area contributed by atoms with Crippen molar-refractivity contribution in [2.75, 3.05) is 4.90 Å². The quantitative estimate of drug-likeness (QED) is 0.298. The van der Waals surface area contributed by atoms with Gasteiger partial charge in [-0.3, -0.25) is 14.4 Å². The minimum atomic E-state index is -0.703. The number of carbonyl (C=O) groups is 3. The predicted octanol–water partition coefficient (Wildman–Crippen LogP) is 3.75. The summed E-state index contributed by atoms with van der Waals surface area (Å²) >= 11 is 5.78. The normalized spacial score (nSPS) is 37.2. The van der Waals surface area contributed by atoms with Crippen molar-refractivity contribution in [3.63, 3.8) is 0 Å². The van der Waals surface area contributed by atoms with Gasteiger partial charge in [-0.25, -0.2) is 14.3 Å². The second-order valence-corrected chi connectivity index (χ2v) is 9.99. The van der Waals surface area contributed by atoms with E-state index in [1.807, 2.05) is 0 Å². The number of hydrogen-bond donors (Lipinski definition) is 0.